The first-order valence-corrected chi connectivity index (χ1v) is 14.3. The van der Waals surface area contributed by atoms with Crippen LogP contribution in [0.5, 0.6) is 11.5 Å². The van der Waals surface area contributed by atoms with E-state index in [0.29, 0.717) is 29.1 Å². The van der Waals surface area contributed by atoms with Gasteiger partial charge in [0.2, 0.25) is 0 Å². The number of fused-ring (bicyclic) bond motifs is 2. The Balaban J connectivity index is 1.50. The number of sulfonamides is 1. The Bertz CT molecular complexity index is 1530. The number of hydrogen-bond donors (Lipinski definition) is 1. The van der Waals surface area contributed by atoms with E-state index in [2.05, 4.69) is 4.74 Å². The molecule has 1 fully saturated rings. The first-order chi connectivity index (χ1) is 18.9. The number of anilines is 1. The summed E-state index contributed by atoms with van der Waals surface area (Å²) in [7, 11) is -3.96. The van der Waals surface area contributed by atoms with Gasteiger partial charge in [-0.2, -0.15) is 0 Å². The zero-order valence-corrected chi connectivity index (χ0v) is 22.5. The molecule has 0 amide bonds. The van der Waals surface area contributed by atoms with Crippen molar-refractivity contribution in [3.8, 4) is 22.6 Å². The van der Waals surface area contributed by atoms with Crippen LogP contribution in [-0.4, -0.2) is 39.0 Å². The minimum Gasteiger partial charge on any atom is -0.482 e. The van der Waals surface area contributed by atoms with Crippen LogP contribution in [-0.2, 0) is 20.2 Å². The highest BCUT2D eigenvalue weighted by Crippen LogP contribution is 2.51. The second kappa shape index (κ2) is 10.3. The Morgan fingerprint density at radius 2 is 1.65 bits per heavy atom. The molecule has 1 aliphatic heterocycles. The van der Waals surface area contributed by atoms with Gasteiger partial charge in [-0.05, 0) is 84.5 Å². The second-order valence-corrected chi connectivity index (χ2v) is 12.1. The van der Waals surface area contributed by atoms with Gasteiger partial charge in [0, 0.05) is 12.0 Å². The first-order valence-electron chi connectivity index (χ1n) is 12.9. The lowest BCUT2D eigenvalue weighted by Gasteiger charge is -2.34. The Morgan fingerprint density at radius 3 is 2.27 bits per heavy atom. The lowest BCUT2D eigenvalue weighted by Crippen LogP contribution is -2.38. The maximum atomic E-state index is 13.9. The molecule has 0 atom stereocenters. The van der Waals surface area contributed by atoms with Crippen LogP contribution in [0.25, 0.3) is 11.1 Å². The number of carboxylic acids is 1. The number of carbonyl (C=O) groups is 1. The van der Waals surface area contributed by atoms with Crippen molar-refractivity contribution in [2.75, 3.05) is 17.5 Å². The van der Waals surface area contributed by atoms with Crippen molar-refractivity contribution in [3.05, 3.63) is 71.8 Å². The topological polar surface area (TPSA) is 93.1 Å². The SMILES string of the molecule is Cc1cc(S(=O)(=O)N2CC3(CCCCC3)c3cc(-c4ccc(OC(F)(F)F)cc4)ccc32)ccc1OCC(=O)O. The predicted molar refractivity (Wildman–Crippen MR) is 142 cm³/mol. The molecule has 3 aromatic carbocycles. The zero-order valence-electron chi connectivity index (χ0n) is 21.7. The quantitative estimate of drug-likeness (QED) is 0.349. The third-order valence-electron chi connectivity index (χ3n) is 7.60. The monoisotopic (exact) mass is 575 g/mol. The summed E-state index contributed by atoms with van der Waals surface area (Å²) in [5, 5.41) is 8.88. The summed E-state index contributed by atoms with van der Waals surface area (Å²) < 4.78 is 76.3. The number of rotatable bonds is 7. The molecule has 212 valence electrons. The van der Waals surface area contributed by atoms with Crippen molar-refractivity contribution in [1.82, 2.24) is 0 Å². The molecule has 1 spiro atoms. The van der Waals surface area contributed by atoms with Gasteiger partial charge < -0.3 is 14.6 Å². The molecule has 40 heavy (non-hydrogen) atoms. The first kappa shape index (κ1) is 27.8. The van der Waals surface area contributed by atoms with Gasteiger partial charge in [-0.15, -0.1) is 13.2 Å². The number of ether oxygens (including phenoxy) is 2. The molecule has 1 heterocycles. The average Bonchev–Trinajstić information content (AvgIpc) is 3.21. The molecule has 0 saturated heterocycles. The highest BCUT2D eigenvalue weighted by atomic mass is 32.2. The second-order valence-electron chi connectivity index (χ2n) is 10.3. The summed E-state index contributed by atoms with van der Waals surface area (Å²) in [6.07, 6.45) is -0.113. The number of halogens is 3. The van der Waals surface area contributed by atoms with Crippen LogP contribution < -0.4 is 13.8 Å². The lowest BCUT2D eigenvalue weighted by molar-refractivity contribution is -0.274. The molecule has 1 saturated carbocycles. The fraction of sp³-hybridized carbons (Fsp3) is 0.345. The molecule has 0 bridgehead atoms. The van der Waals surface area contributed by atoms with Crippen LogP contribution in [0.15, 0.2) is 65.6 Å². The van der Waals surface area contributed by atoms with E-state index in [1.54, 1.807) is 31.2 Å². The fourth-order valence-electron chi connectivity index (χ4n) is 5.73. The number of aliphatic carboxylic acids is 1. The van der Waals surface area contributed by atoms with E-state index in [1.165, 1.54) is 34.6 Å². The van der Waals surface area contributed by atoms with Gasteiger partial charge in [0.1, 0.15) is 11.5 Å². The molecule has 0 aromatic heterocycles. The summed E-state index contributed by atoms with van der Waals surface area (Å²) >= 11 is 0. The molecule has 3 aromatic rings. The Kier molecular flexibility index (Phi) is 7.20. The van der Waals surface area contributed by atoms with Gasteiger partial charge >= 0.3 is 12.3 Å². The number of nitrogens with zero attached hydrogens (tertiary/aromatic N) is 1. The predicted octanol–water partition coefficient (Wildman–Crippen LogP) is 6.43. The largest absolute Gasteiger partial charge is 0.573 e. The smallest absolute Gasteiger partial charge is 0.482 e. The standard InChI is InChI=1S/C29H28F3NO6S/c1-19-15-23(10-12-26(19)38-17-27(34)35)40(36,37)33-18-28(13-3-2-4-14-28)24-16-21(7-11-25(24)33)20-5-8-22(9-6-20)39-29(30,31)32/h5-12,15-16H,2-4,13-14,17-18H2,1H3,(H,34,35). The highest BCUT2D eigenvalue weighted by molar-refractivity contribution is 7.92. The van der Waals surface area contributed by atoms with Crippen molar-refractivity contribution < 1.29 is 41.0 Å². The molecule has 1 N–H and O–H groups in total. The maximum absolute atomic E-state index is 13.9. The molecule has 1 aliphatic carbocycles. The number of hydrogen-bond acceptors (Lipinski definition) is 5. The summed E-state index contributed by atoms with van der Waals surface area (Å²) in [5.74, 6) is -1.15. The van der Waals surface area contributed by atoms with Crippen molar-refractivity contribution in [2.45, 2.75) is 55.7 Å². The van der Waals surface area contributed by atoms with E-state index in [0.717, 1.165) is 43.2 Å². The molecular weight excluding hydrogens is 547 g/mol. The van der Waals surface area contributed by atoms with Crippen LogP contribution in [0, 0.1) is 6.92 Å². The van der Waals surface area contributed by atoms with Gasteiger partial charge in [-0.25, -0.2) is 13.2 Å². The Labute approximate surface area is 230 Å². The van der Waals surface area contributed by atoms with Crippen LogP contribution in [0.3, 0.4) is 0 Å². The zero-order chi connectivity index (χ0) is 28.7. The molecule has 0 radical (unpaired) electrons. The van der Waals surface area contributed by atoms with E-state index in [4.69, 9.17) is 9.84 Å². The number of benzene rings is 3. The van der Waals surface area contributed by atoms with Crippen molar-refractivity contribution in [3.63, 3.8) is 0 Å². The number of carboxylic acid groups (broad SMARTS) is 1. The molecule has 2 aliphatic rings. The summed E-state index contributed by atoms with van der Waals surface area (Å²) in [5.41, 5.74) is 3.11. The fourth-order valence-corrected chi connectivity index (χ4v) is 7.39. The van der Waals surface area contributed by atoms with Crippen LogP contribution in [0.2, 0.25) is 0 Å². The van der Waals surface area contributed by atoms with Crippen LogP contribution >= 0.6 is 0 Å². The highest BCUT2D eigenvalue weighted by Gasteiger charge is 2.47. The van der Waals surface area contributed by atoms with Gasteiger partial charge in [-0.3, -0.25) is 4.31 Å². The molecule has 5 rings (SSSR count). The lowest BCUT2D eigenvalue weighted by atomic mass is 9.70. The van der Waals surface area contributed by atoms with Gasteiger partial charge in [-0.1, -0.05) is 37.5 Å². The van der Waals surface area contributed by atoms with Crippen molar-refractivity contribution >= 4 is 21.7 Å². The third-order valence-corrected chi connectivity index (χ3v) is 9.36. The van der Waals surface area contributed by atoms with Crippen LogP contribution in [0.1, 0.15) is 43.2 Å². The number of aryl methyl sites for hydroxylation is 1. The van der Waals surface area contributed by atoms with Crippen LogP contribution in [0.4, 0.5) is 18.9 Å². The van der Waals surface area contributed by atoms with Gasteiger partial charge in [0.05, 0.1) is 10.6 Å². The molecule has 0 unspecified atom stereocenters. The summed E-state index contributed by atoms with van der Waals surface area (Å²) in [6, 6.07) is 15.5. The van der Waals surface area contributed by atoms with E-state index in [1.807, 2.05) is 6.07 Å². The van der Waals surface area contributed by atoms with Crippen molar-refractivity contribution in [1.29, 1.82) is 0 Å². The van der Waals surface area contributed by atoms with E-state index >= 15 is 0 Å². The van der Waals surface area contributed by atoms with E-state index < -0.39 is 29.0 Å². The average molecular weight is 576 g/mol. The van der Waals surface area contributed by atoms with Gasteiger partial charge in [0.25, 0.3) is 10.0 Å². The van der Waals surface area contributed by atoms with Gasteiger partial charge in [0.15, 0.2) is 6.61 Å². The normalized spacial score (nSPS) is 16.6. The molecule has 11 heteroatoms. The molecular formula is C29H28F3NO6S. The van der Waals surface area contributed by atoms with E-state index in [9.17, 15) is 26.4 Å². The minimum atomic E-state index is -4.78. The Hall–Kier alpha value is -3.73. The summed E-state index contributed by atoms with van der Waals surface area (Å²) in [6.45, 7) is 1.42. The number of alkyl halides is 3. The summed E-state index contributed by atoms with van der Waals surface area (Å²) in [4.78, 5) is 10.9. The maximum Gasteiger partial charge on any atom is 0.573 e. The minimum absolute atomic E-state index is 0.0795. The Morgan fingerprint density at radius 1 is 0.975 bits per heavy atom. The molecule has 7 nitrogen and oxygen atoms in total. The van der Waals surface area contributed by atoms with Crippen molar-refractivity contribution in [2.24, 2.45) is 0 Å². The van der Waals surface area contributed by atoms with E-state index in [-0.39, 0.29) is 16.1 Å². The third kappa shape index (κ3) is 5.47.